The fourth-order valence-corrected chi connectivity index (χ4v) is 40.7. The highest BCUT2D eigenvalue weighted by atomic mass is 16.6. The number of esters is 3. The molecule has 28 fully saturated rings. The fraction of sp³-hybridized carbons (Fsp3) is 0.806. The summed E-state index contributed by atoms with van der Waals surface area (Å²) in [6.07, 6.45) is 55.0. The molecule has 28 aliphatic carbocycles. The first-order valence-electron chi connectivity index (χ1n) is 51.1. The van der Waals surface area contributed by atoms with Gasteiger partial charge in [-0.3, -0.25) is 19.2 Å². The van der Waals surface area contributed by atoms with E-state index in [0.717, 1.165) is 226 Å². The van der Waals surface area contributed by atoms with Crippen LogP contribution in [0.5, 0.6) is 0 Å². The van der Waals surface area contributed by atoms with Crippen molar-refractivity contribution in [3.63, 3.8) is 0 Å². The van der Waals surface area contributed by atoms with E-state index >= 15 is 0 Å². The molecule has 28 bridgehead atoms. The number of carbonyl (C=O) groups is 7. The summed E-state index contributed by atoms with van der Waals surface area (Å²) in [5, 5.41) is 6.42. The number of fused-ring (bicyclic) bond motifs is 54. The van der Waals surface area contributed by atoms with Crippen molar-refractivity contribution in [1.82, 2.24) is 20.4 Å². The minimum absolute atomic E-state index is 0.0299. The standard InChI is InChI=1S/C17H25NO.2C16H23NO.C16H22O2.C15H21NO.C15H20O2.C13H18O2/c1-9(2)17(19)18(3)14-8-12-7-13(14)16-11-5-4-10(6-11)15(12)16;1-8(2)16(18)17-13-7-11-6-12(13)15-10-4-3-9(5-10)14(11)15;1-3-14(18)17(2)13-8-11-7-12(13)16-10-5-4-9(6-10)15(11)16;1-8(2)16(17)18-13-7-11-6-12(13)15-10-4-3-9(5-10)14(11)15;1-2-13(17)16-12-7-10-6-11(12)15-9-4-3-8(5-9)14(10)15;1-2-13(16)17-12-7-10-6-11(12)15-9-4-3-8(5-9)14(10)15;1-2-12(14)15-13-10-4-8-3-9(6-10)7-11(13)5-8/h10-16H,1,4-8H2,2-3H3;9-15H,1,3-7H2,2H3,(H,17,18);3,9-13,15-16H,1,4-8H2,2H3;9-15H,1,3-7H2,2H3;2,8-12,14-15H,1,3-7H2,(H,16,17);2,8-12,14-15H,1,3-7H2;2,8-11,13H,1,3-7H2. The maximum atomic E-state index is 12.2. The van der Waals surface area contributed by atoms with Gasteiger partial charge in [-0.2, -0.15) is 0 Å². The lowest BCUT2D eigenvalue weighted by Gasteiger charge is -2.53. The third-order valence-corrected chi connectivity index (χ3v) is 43.2. The third-order valence-electron chi connectivity index (χ3n) is 43.2. The Bertz CT molecular complexity index is 4000. The summed E-state index contributed by atoms with van der Waals surface area (Å²) in [5.41, 5.74) is 1.89. The molecule has 0 radical (unpaired) electrons. The van der Waals surface area contributed by atoms with Crippen LogP contribution in [0.1, 0.15) is 245 Å². The van der Waals surface area contributed by atoms with E-state index in [1.165, 1.54) is 236 Å². The summed E-state index contributed by atoms with van der Waals surface area (Å²) in [4.78, 5) is 85.6. The van der Waals surface area contributed by atoms with Gasteiger partial charge in [-0.1, -0.05) is 46.1 Å². The number of amides is 4. The van der Waals surface area contributed by atoms with Gasteiger partial charge in [0.1, 0.15) is 18.3 Å². The zero-order chi connectivity index (χ0) is 84.2. The van der Waals surface area contributed by atoms with Gasteiger partial charge >= 0.3 is 17.9 Å². The zero-order valence-corrected chi connectivity index (χ0v) is 75.1. The van der Waals surface area contributed by atoms with Crippen LogP contribution in [0.15, 0.2) is 87.1 Å². The normalized spacial score (nSPS) is 51.2. The minimum Gasteiger partial charge on any atom is -0.459 e. The molecule has 28 rings (SSSR count). The van der Waals surface area contributed by atoms with Crippen molar-refractivity contribution in [3.8, 4) is 0 Å². The Morgan fingerprint density at radius 3 is 0.992 bits per heavy atom. The number of hydrogen-bond donors (Lipinski definition) is 2. The molecule has 0 aromatic carbocycles. The molecule has 14 heteroatoms. The Kier molecular flexibility index (Phi) is 22.3. The van der Waals surface area contributed by atoms with Crippen LogP contribution < -0.4 is 10.6 Å². The largest absolute Gasteiger partial charge is 0.459 e. The third kappa shape index (κ3) is 14.0. The quantitative estimate of drug-likeness (QED) is 0.0736. The second-order valence-electron chi connectivity index (χ2n) is 47.9. The molecule has 0 spiro atoms. The van der Waals surface area contributed by atoms with Crippen molar-refractivity contribution in [2.45, 2.75) is 288 Å². The predicted molar refractivity (Wildman–Crippen MR) is 473 cm³/mol. The predicted octanol–water partition coefficient (Wildman–Crippen LogP) is 19.4. The van der Waals surface area contributed by atoms with Gasteiger partial charge in [0.05, 0.1) is 0 Å². The Morgan fingerprint density at radius 1 is 0.295 bits per heavy atom. The summed E-state index contributed by atoms with van der Waals surface area (Å²) >= 11 is 0. The van der Waals surface area contributed by atoms with Gasteiger partial charge in [-0.25, -0.2) is 14.4 Å². The van der Waals surface area contributed by atoms with Crippen molar-refractivity contribution < 1.29 is 47.8 Å². The van der Waals surface area contributed by atoms with Crippen molar-refractivity contribution in [1.29, 1.82) is 0 Å². The molecule has 0 heterocycles. The van der Waals surface area contributed by atoms with Crippen LogP contribution in [0.25, 0.3) is 0 Å². The smallest absolute Gasteiger partial charge is 0.333 e. The fourth-order valence-electron chi connectivity index (χ4n) is 40.7. The molecule has 42 unspecified atom stereocenters. The minimum atomic E-state index is -0.229. The van der Waals surface area contributed by atoms with E-state index in [2.05, 4.69) is 56.7 Å². The van der Waals surface area contributed by atoms with Crippen LogP contribution in [0.3, 0.4) is 0 Å². The van der Waals surface area contributed by atoms with Crippen LogP contribution in [0, 0.1) is 237 Å². The van der Waals surface area contributed by atoms with E-state index in [0.29, 0.717) is 64.6 Å². The molecule has 0 aromatic rings. The Hall–Kier alpha value is -5.53. The first-order chi connectivity index (χ1) is 58.9. The van der Waals surface area contributed by atoms with Crippen molar-refractivity contribution in [3.05, 3.63) is 87.1 Å². The highest BCUT2D eigenvalue weighted by molar-refractivity contribution is 5.93. The molecule has 14 nitrogen and oxygen atoms in total. The van der Waals surface area contributed by atoms with E-state index in [1.54, 1.807) is 6.92 Å². The zero-order valence-electron chi connectivity index (χ0n) is 75.1. The van der Waals surface area contributed by atoms with Crippen molar-refractivity contribution >= 4 is 41.5 Å². The molecule has 28 aliphatic rings. The molecule has 664 valence electrons. The summed E-state index contributed by atoms with van der Waals surface area (Å²) in [6, 6.07) is 1.95. The van der Waals surface area contributed by atoms with Crippen LogP contribution in [-0.4, -0.2) is 108 Å². The molecule has 28 saturated carbocycles. The van der Waals surface area contributed by atoms with E-state index < -0.39 is 0 Å². The van der Waals surface area contributed by atoms with Gasteiger partial charge in [0, 0.05) is 67.1 Å². The van der Waals surface area contributed by atoms with E-state index in [4.69, 9.17) is 14.2 Å². The number of ether oxygens (including phenoxy) is 3. The molecular weight excluding hydrogens is 1510 g/mol. The van der Waals surface area contributed by atoms with Gasteiger partial charge < -0.3 is 34.6 Å². The average molecular weight is 1670 g/mol. The molecule has 42 atom stereocenters. The number of hydrogen-bond acceptors (Lipinski definition) is 10. The Labute approximate surface area is 731 Å². The SMILES string of the molecule is C=C(C)C(=O)N(C)C1CC2CC1C1C3CCC(C3)C21.C=C(C)C(=O)NC1CC2CC1C1C3CCC(C3)C21.C=C(C)C(=O)OC1CC2CC1C1C3CCC(C3)C21.C=CC(=O)N(C)C1CC2CC1C1C3CCC(C3)C21.C=CC(=O)NC1CC2CC1C1C3CCC(C3)C21.C=CC(=O)OC1C2CC3CC(C2)CC1C3.C=CC(=O)OC1CC2CC1C1C3CCC(C3)C21. The van der Waals surface area contributed by atoms with E-state index in [1.807, 2.05) is 37.7 Å². The van der Waals surface area contributed by atoms with Crippen LogP contribution in [0.2, 0.25) is 0 Å². The molecular formula is C108H152N4O10. The molecule has 0 aromatic heterocycles. The summed E-state index contributed by atoms with van der Waals surface area (Å²) in [6.45, 7) is 30.8. The molecule has 0 aliphatic heterocycles. The summed E-state index contributed by atoms with van der Waals surface area (Å²) < 4.78 is 16.8. The van der Waals surface area contributed by atoms with Gasteiger partial charge in [0.2, 0.25) is 23.6 Å². The van der Waals surface area contributed by atoms with E-state index in [9.17, 15) is 33.6 Å². The maximum Gasteiger partial charge on any atom is 0.333 e. The Morgan fingerprint density at radius 2 is 0.623 bits per heavy atom. The van der Waals surface area contributed by atoms with Gasteiger partial charge in [0.25, 0.3) is 0 Å². The first-order valence-corrected chi connectivity index (χ1v) is 51.1. The molecule has 4 amide bonds. The summed E-state index contributed by atoms with van der Waals surface area (Å²) in [7, 11) is 3.99. The number of nitrogens with one attached hydrogen (secondary N) is 2. The number of nitrogens with zero attached hydrogens (tertiary/aromatic N) is 2. The Balaban J connectivity index is 0.0000000877. The van der Waals surface area contributed by atoms with Crippen LogP contribution in [0.4, 0.5) is 0 Å². The number of carbonyl (C=O) groups excluding carboxylic acids is 7. The topological polar surface area (TPSA) is 178 Å². The highest BCUT2D eigenvalue weighted by Crippen LogP contribution is 2.74. The first kappa shape index (κ1) is 83.4. The van der Waals surface area contributed by atoms with Gasteiger partial charge in [0.15, 0.2) is 0 Å². The van der Waals surface area contributed by atoms with Crippen LogP contribution in [-0.2, 0) is 47.8 Å². The second-order valence-corrected chi connectivity index (χ2v) is 47.9. The average Bonchev–Trinajstić information content (AvgIpc) is 1.57. The molecule has 122 heavy (non-hydrogen) atoms. The second kappa shape index (κ2) is 32.6. The highest BCUT2D eigenvalue weighted by Gasteiger charge is 2.69. The van der Waals surface area contributed by atoms with Crippen molar-refractivity contribution in [2.75, 3.05) is 14.1 Å². The lowest BCUT2D eigenvalue weighted by molar-refractivity contribution is -0.165. The lowest BCUT2D eigenvalue weighted by Crippen LogP contribution is -2.49. The van der Waals surface area contributed by atoms with E-state index in [-0.39, 0.29) is 59.8 Å². The lowest BCUT2D eigenvalue weighted by atomic mass is 9.55. The monoisotopic (exact) mass is 1670 g/mol. The number of likely N-dealkylation sites (N-methyl/N-ethyl adjacent to an activating group) is 2. The van der Waals surface area contributed by atoms with Gasteiger partial charge in [-0.15, -0.1) is 0 Å². The molecule has 2 N–H and O–H groups in total. The number of rotatable bonds is 14. The van der Waals surface area contributed by atoms with Crippen molar-refractivity contribution in [2.24, 2.45) is 237 Å². The summed E-state index contributed by atoms with van der Waals surface area (Å²) in [5.74, 6) is 36.9. The van der Waals surface area contributed by atoms with Gasteiger partial charge in [-0.05, 0) is 494 Å². The molecule has 0 saturated heterocycles. The maximum absolute atomic E-state index is 12.2. The van der Waals surface area contributed by atoms with Crippen LogP contribution >= 0.6 is 0 Å².